The van der Waals surface area contributed by atoms with Crippen LogP contribution in [0.1, 0.15) is 49.8 Å². The van der Waals surface area contributed by atoms with Crippen LogP contribution in [0.2, 0.25) is 0 Å². The van der Waals surface area contributed by atoms with Crippen molar-refractivity contribution >= 4 is 17.4 Å². The zero-order chi connectivity index (χ0) is 19.6. The second-order valence-electron chi connectivity index (χ2n) is 8.24. The molecular formula is C22H19FN2O3. The minimum absolute atomic E-state index is 0.0858. The molecule has 0 aliphatic heterocycles. The summed E-state index contributed by atoms with van der Waals surface area (Å²) in [6.07, 6.45) is 1.19. The Morgan fingerprint density at radius 3 is 2.61 bits per heavy atom. The number of rotatable bonds is 2. The number of ketones is 1. The number of oxazole rings is 1. The molecule has 0 amide bonds. The first-order chi connectivity index (χ1) is 13.3. The lowest BCUT2D eigenvalue weighted by atomic mass is 9.73. The van der Waals surface area contributed by atoms with E-state index in [0.29, 0.717) is 35.0 Å². The minimum atomic E-state index is -0.427. The summed E-state index contributed by atoms with van der Waals surface area (Å²) in [7, 11) is 0. The lowest BCUT2D eigenvalue weighted by Gasteiger charge is -2.30. The van der Waals surface area contributed by atoms with E-state index >= 15 is 0 Å². The molecule has 0 saturated carbocycles. The molecule has 0 saturated heterocycles. The molecule has 1 aromatic carbocycles. The number of allylic oxidation sites excluding steroid dienone is 2. The smallest absolute Gasteiger partial charge is 0.292 e. The summed E-state index contributed by atoms with van der Waals surface area (Å²) in [6.45, 7) is 4.14. The molecule has 28 heavy (non-hydrogen) atoms. The van der Waals surface area contributed by atoms with Gasteiger partial charge >= 0.3 is 0 Å². The SMILES string of the molecule is CC1(C)CC(=O)C2=C(C1)c1oc(N)nc1C2c1ccc(-c2ccc(F)cc2)o1. The lowest BCUT2D eigenvalue weighted by Crippen LogP contribution is -2.25. The third-order valence-electron chi connectivity index (χ3n) is 5.47. The molecule has 0 fully saturated rings. The summed E-state index contributed by atoms with van der Waals surface area (Å²) in [4.78, 5) is 17.4. The fourth-order valence-electron chi connectivity index (χ4n) is 4.32. The molecule has 1 unspecified atom stereocenters. The number of nitrogens with zero attached hydrogens (tertiary/aromatic N) is 1. The van der Waals surface area contributed by atoms with Gasteiger partial charge in [0.1, 0.15) is 23.0 Å². The molecule has 142 valence electrons. The normalized spacial score (nSPS) is 20.4. The zero-order valence-electron chi connectivity index (χ0n) is 15.6. The van der Waals surface area contributed by atoms with Gasteiger partial charge in [0.05, 0.1) is 5.92 Å². The van der Waals surface area contributed by atoms with Gasteiger partial charge < -0.3 is 14.6 Å². The van der Waals surface area contributed by atoms with Gasteiger partial charge in [0.15, 0.2) is 11.5 Å². The van der Waals surface area contributed by atoms with Crippen molar-refractivity contribution in [3.05, 3.63) is 65.0 Å². The molecule has 0 spiro atoms. The van der Waals surface area contributed by atoms with Crippen LogP contribution in [-0.4, -0.2) is 10.8 Å². The van der Waals surface area contributed by atoms with E-state index in [4.69, 9.17) is 14.6 Å². The van der Waals surface area contributed by atoms with Gasteiger partial charge in [-0.2, -0.15) is 4.98 Å². The Labute approximate surface area is 161 Å². The van der Waals surface area contributed by atoms with Gasteiger partial charge in [-0.05, 0) is 48.2 Å². The van der Waals surface area contributed by atoms with Crippen LogP contribution in [0.3, 0.4) is 0 Å². The molecule has 2 N–H and O–H groups in total. The Bertz CT molecular complexity index is 1140. The summed E-state index contributed by atoms with van der Waals surface area (Å²) < 4.78 is 25.0. The number of Topliss-reactive ketones (excluding diaryl/α,β-unsaturated/α-hetero) is 1. The number of furan rings is 1. The van der Waals surface area contributed by atoms with Gasteiger partial charge in [0.25, 0.3) is 6.01 Å². The van der Waals surface area contributed by atoms with E-state index in [-0.39, 0.29) is 23.0 Å². The van der Waals surface area contributed by atoms with E-state index in [1.165, 1.54) is 12.1 Å². The first kappa shape index (κ1) is 17.0. The number of aromatic nitrogens is 1. The molecular weight excluding hydrogens is 359 g/mol. The Morgan fingerprint density at radius 2 is 1.86 bits per heavy atom. The lowest BCUT2D eigenvalue weighted by molar-refractivity contribution is -0.118. The van der Waals surface area contributed by atoms with Crippen LogP contribution in [0.15, 0.2) is 50.8 Å². The van der Waals surface area contributed by atoms with Crippen LogP contribution >= 0.6 is 0 Å². The van der Waals surface area contributed by atoms with Crippen LogP contribution in [-0.2, 0) is 4.79 Å². The van der Waals surface area contributed by atoms with Crippen LogP contribution in [0, 0.1) is 11.2 Å². The second-order valence-corrected chi connectivity index (χ2v) is 8.24. The van der Waals surface area contributed by atoms with Crippen molar-refractivity contribution in [1.29, 1.82) is 0 Å². The number of nitrogens with two attached hydrogens (primary N) is 1. The van der Waals surface area contributed by atoms with Crippen LogP contribution in [0.5, 0.6) is 0 Å². The number of hydrogen-bond acceptors (Lipinski definition) is 5. The highest BCUT2D eigenvalue weighted by Gasteiger charge is 2.47. The summed E-state index contributed by atoms with van der Waals surface area (Å²) in [5.74, 6) is 1.15. The Hall–Kier alpha value is -3.15. The monoisotopic (exact) mass is 378 g/mol. The van der Waals surface area contributed by atoms with Gasteiger partial charge in [-0.3, -0.25) is 4.79 Å². The molecule has 2 heterocycles. The third-order valence-corrected chi connectivity index (χ3v) is 5.47. The molecule has 3 aromatic rings. The van der Waals surface area contributed by atoms with Crippen LogP contribution < -0.4 is 5.73 Å². The van der Waals surface area contributed by atoms with Crippen molar-refractivity contribution in [2.75, 3.05) is 5.73 Å². The molecule has 2 aliphatic carbocycles. The van der Waals surface area contributed by atoms with Crippen LogP contribution in [0.4, 0.5) is 10.4 Å². The van der Waals surface area contributed by atoms with E-state index < -0.39 is 5.92 Å². The molecule has 0 bridgehead atoms. The van der Waals surface area contributed by atoms with Crippen molar-refractivity contribution in [1.82, 2.24) is 4.98 Å². The maximum atomic E-state index is 13.2. The molecule has 0 radical (unpaired) electrons. The van der Waals surface area contributed by atoms with E-state index in [0.717, 1.165) is 17.6 Å². The topological polar surface area (TPSA) is 82.3 Å². The van der Waals surface area contributed by atoms with Gasteiger partial charge in [-0.1, -0.05) is 13.8 Å². The maximum absolute atomic E-state index is 13.2. The number of nitrogen functional groups attached to an aromatic ring is 1. The van der Waals surface area contributed by atoms with Crippen LogP contribution in [0.25, 0.3) is 16.9 Å². The number of fused-ring (bicyclic) bond motifs is 2. The van der Waals surface area contributed by atoms with E-state index in [1.54, 1.807) is 12.1 Å². The second kappa shape index (κ2) is 5.67. The fraction of sp³-hybridized carbons (Fsp3) is 0.273. The van der Waals surface area contributed by atoms with Gasteiger partial charge in [0.2, 0.25) is 0 Å². The molecule has 2 aliphatic rings. The highest BCUT2D eigenvalue weighted by Crippen LogP contribution is 2.54. The van der Waals surface area contributed by atoms with Gasteiger partial charge in [-0.15, -0.1) is 0 Å². The maximum Gasteiger partial charge on any atom is 0.292 e. The average molecular weight is 378 g/mol. The van der Waals surface area contributed by atoms with Crippen molar-refractivity contribution < 1.29 is 18.0 Å². The Morgan fingerprint density at radius 1 is 1.11 bits per heavy atom. The predicted molar refractivity (Wildman–Crippen MR) is 102 cm³/mol. The first-order valence-electron chi connectivity index (χ1n) is 9.21. The highest BCUT2D eigenvalue weighted by molar-refractivity contribution is 6.08. The molecule has 6 heteroatoms. The van der Waals surface area contributed by atoms with Crippen molar-refractivity contribution in [2.24, 2.45) is 5.41 Å². The Balaban J connectivity index is 1.62. The summed E-state index contributed by atoms with van der Waals surface area (Å²) in [6, 6.07) is 9.83. The Kier molecular flexibility index (Phi) is 3.44. The number of hydrogen-bond donors (Lipinski definition) is 1. The van der Waals surface area contributed by atoms with E-state index in [1.807, 2.05) is 12.1 Å². The van der Waals surface area contributed by atoms with E-state index in [9.17, 15) is 9.18 Å². The average Bonchev–Trinajstić information content (AvgIpc) is 3.29. The van der Waals surface area contributed by atoms with E-state index in [2.05, 4.69) is 18.8 Å². The van der Waals surface area contributed by atoms with Crippen molar-refractivity contribution in [3.63, 3.8) is 0 Å². The first-order valence-corrected chi connectivity index (χ1v) is 9.21. The van der Waals surface area contributed by atoms with Gasteiger partial charge in [-0.25, -0.2) is 4.39 Å². The van der Waals surface area contributed by atoms with Crippen molar-refractivity contribution in [3.8, 4) is 11.3 Å². The third kappa shape index (κ3) is 2.52. The molecule has 5 nitrogen and oxygen atoms in total. The number of benzene rings is 1. The largest absolute Gasteiger partial charge is 0.460 e. The fourth-order valence-corrected chi connectivity index (χ4v) is 4.32. The number of halogens is 1. The number of carbonyl (C=O) groups excluding carboxylic acids is 1. The quantitative estimate of drug-likeness (QED) is 0.683. The summed E-state index contributed by atoms with van der Waals surface area (Å²) in [5.41, 5.74) is 8.63. The number of anilines is 1. The summed E-state index contributed by atoms with van der Waals surface area (Å²) >= 11 is 0. The number of carbonyl (C=O) groups is 1. The predicted octanol–water partition coefficient (Wildman–Crippen LogP) is 4.94. The molecule has 2 aromatic heterocycles. The van der Waals surface area contributed by atoms with Crippen molar-refractivity contribution in [2.45, 2.75) is 32.6 Å². The summed E-state index contributed by atoms with van der Waals surface area (Å²) in [5, 5.41) is 0. The zero-order valence-corrected chi connectivity index (χ0v) is 15.6. The highest BCUT2D eigenvalue weighted by atomic mass is 19.1. The minimum Gasteiger partial charge on any atom is -0.460 e. The molecule has 1 atom stereocenters. The standard InChI is InChI=1S/C22H19FN2O3/c1-22(2)9-13-17(14(26)10-22)18(19-20(13)28-21(24)25-19)16-8-7-15(27-16)11-3-5-12(23)6-4-11/h3-8,18H,9-10H2,1-2H3,(H2,24,25). The van der Waals surface area contributed by atoms with Gasteiger partial charge in [0, 0.05) is 23.1 Å². The molecule has 5 rings (SSSR count).